The van der Waals surface area contributed by atoms with Crippen molar-refractivity contribution in [3.8, 4) is 0 Å². The van der Waals surface area contributed by atoms with Gasteiger partial charge in [0.15, 0.2) is 0 Å². The minimum atomic E-state index is -0.183. The summed E-state index contributed by atoms with van der Waals surface area (Å²) in [4.78, 5) is 14.4. The normalized spacial score (nSPS) is 16.7. The fourth-order valence-electron chi connectivity index (χ4n) is 2.88. The first-order chi connectivity index (χ1) is 11.0. The Balaban J connectivity index is 1.67. The summed E-state index contributed by atoms with van der Waals surface area (Å²) in [5, 5.41) is 4.36. The highest BCUT2D eigenvalue weighted by Crippen LogP contribution is 2.23. The molecule has 120 valence electrons. The molecule has 1 atom stereocenters. The van der Waals surface area contributed by atoms with Gasteiger partial charge in [-0.3, -0.25) is 4.79 Å². The molecule has 23 heavy (non-hydrogen) atoms. The maximum atomic E-state index is 12.7. The molecule has 0 aromatic heterocycles. The number of benzene rings is 2. The van der Waals surface area contributed by atoms with Crippen molar-refractivity contribution in [1.82, 2.24) is 10.2 Å². The fraction of sp³-hybridized carbons (Fsp3) is 0.278. The van der Waals surface area contributed by atoms with Crippen molar-refractivity contribution in [3.05, 3.63) is 69.2 Å². The molecule has 1 N–H and O–H groups in total. The van der Waals surface area contributed by atoms with E-state index in [1.54, 1.807) is 17.0 Å². The number of carbonyl (C=O) groups excluding carboxylic acids is 1. The zero-order valence-corrected chi connectivity index (χ0v) is 14.4. The first-order valence-corrected chi connectivity index (χ1v) is 8.29. The number of nitrogens with one attached hydrogen (secondary N) is 1. The Morgan fingerprint density at radius 3 is 2.65 bits per heavy atom. The van der Waals surface area contributed by atoms with Crippen LogP contribution >= 0.6 is 23.2 Å². The second-order valence-corrected chi connectivity index (χ2v) is 6.66. The average Bonchev–Trinajstić information content (AvgIpc) is 2.57. The lowest BCUT2D eigenvalue weighted by molar-refractivity contribution is -0.132. The van der Waals surface area contributed by atoms with Crippen molar-refractivity contribution in [2.75, 3.05) is 7.05 Å². The number of amides is 1. The fourth-order valence-corrected chi connectivity index (χ4v) is 3.21. The Hall–Kier alpha value is -1.55. The van der Waals surface area contributed by atoms with Gasteiger partial charge in [-0.1, -0.05) is 53.5 Å². The van der Waals surface area contributed by atoms with Gasteiger partial charge in [0.05, 0.1) is 16.1 Å². The monoisotopic (exact) mass is 348 g/mol. The number of fused-ring (bicyclic) bond motifs is 1. The van der Waals surface area contributed by atoms with Crippen LogP contribution < -0.4 is 5.32 Å². The van der Waals surface area contributed by atoms with E-state index in [2.05, 4.69) is 17.4 Å². The molecule has 0 saturated carbocycles. The molecule has 1 heterocycles. The molecule has 2 aromatic rings. The number of carbonyl (C=O) groups is 1. The van der Waals surface area contributed by atoms with Crippen LogP contribution in [0.25, 0.3) is 0 Å². The van der Waals surface area contributed by atoms with Crippen molar-refractivity contribution in [1.29, 1.82) is 0 Å². The maximum Gasteiger partial charge on any atom is 0.240 e. The van der Waals surface area contributed by atoms with E-state index in [1.165, 1.54) is 11.1 Å². The van der Waals surface area contributed by atoms with Gasteiger partial charge in [0.25, 0.3) is 0 Å². The smallest absolute Gasteiger partial charge is 0.240 e. The van der Waals surface area contributed by atoms with E-state index < -0.39 is 0 Å². The number of nitrogens with zero attached hydrogens (tertiary/aromatic N) is 1. The first-order valence-electron chi connectivity index (χ1n) is 7.53. The summed E-state index contributed by atoms with van der Waals surface area (Å²) in [6.45, 7) is 1.24. The summed E-state index contributed by atoms with van der Waals surface area (Å²) in [5.74, 6) is 0.0885. The van der Waals surface area contributed by atoms with Gasteiger partial charge < -0.3 is 10.2 Å². The lowest BCUT2D eigenvalue weighted by Gasteiger charge is -2.29. The highest BCUT2D eigenvalue weighted by atomic mass is 35.5. The predicted molar refractivity (Wildman–Crippen MR) is 93.7 cm³/mol. The van der Waals surface area contributed by atoms with Crippen LogP contribution in [-0.4, -0.2) is 23.9 Å². The maximum absolute atomic E-state index is 12.7. The van der Waals surface area contributed by atoms with Crippen molar-refractivity contribution >= 4 is 29.1 Å². The molecule has 0 bridgehead atoms. The molecule has 0 aliphatic carbocycles. The molecule has 0 saturated heterocycles. The van der Waals surface area contributed by atoms with Gasteiger partial charge in [-0.25, -0.2) is 0 Å². The number of likely N-dealkylation sites (N-methyl/N-ethyl adjacent to an activating group) is 1. The molecule has 5 heteroatoms. The van der Waals surface area contributed by atoms with Gasteiger partial charge in [-0.2, -0.15) is 0 Å². The summed E-state index contributed by atoms with van der Waals surface area (Å²) >= 11 is 12.0. The largest absolute Gasteiger partial charge is 0.340 e. The van der Waals surface area contributed by atoms with E-state index in [4.69, 9.17) is 23.2 Å². The number of hydrogen-bond acceptors (Lipinski definition) is 2. The Morgan fingerprint density at radius 1 is 1.17 bits per heavy atom. The van der Waals surface area contributed by atoms with Crippen LogP contribution in [0.4, 0.5) is 0 Å². The summed E-state index contributed by atoms with van der Waals surface area (Å²) in [6.07, 6.45) is 0.723. The third-order valence-electron chi connectivity index (χ3n) is 4.16. The van der Waals surface area contributed by atoms with Crippen LogP contribution in [0.3, 0.4) is 0 Å². The SMILES string of the molecule is CN(Cc1ccc(Cl)c(Cl)c1)C(=O)C1Cc2ccccc2CN1. The zero-order valence-electron chi connectivity index (χ0n) is 12.9. The van der Waals surface area contributed by atoms with E-state index in [0.717, 1.165) is 18.5 Å². The summed E-state index contributed by atoms with van der Waals surface area (Å²) in [5.41, 5.74) is 3.47. The standard InChI is InChI=1S/C18H18Cl2N2O/c1-22(11-12-6-7-15(19)16(20)8-12)18(23)17-9-13-4-2-3-5-14(13)10-21-17/h2-8,17,21H,9-11H2,1H3. The van der Waals surface area contributed by atoms with Gasteiger partial charge in [0.2, 0.25) is 5.91 Å². The molecule has 1 aliphatic rings. The van der Waals surface area contributed by atoms with Crippen LogP contribution in [0.2, 0.25) is 10.0 Å². The number of halogens is 2. The number of hydrogen-bond donors (Lipinski definition) is 1. The van der Waals surface area contributed by atoms with Gasteiger partial charge in [0, 0.05) is 20.1 Å². The molecule has 0 fully saturated rings. The third-order valence-corrected chi connectivity index (χ3v) is 4.90. The predicted octanol–water partition coefficient (Wildman–Crippen LogP) is 3.67. The molecule has 3 nitrogen and oxygen atoms in total. The highest BCUT2D eigenvalue weighted by molar-refractivity contribution is 6.42. The van der Waals surface area contributed by atoms with Crippen molar-refractivity contribution < 1.29 is 4.79 Å². The lowest BCUT2D eigenvalue weighted by atomic mass is 9.95. The van der Waals surface area contributed by atoms with Crippen LogP contribution in [0.1, 0.15) is 16.7 Å². The van der Waals surface area contributed by atoms with Gasteiger partial charge in [0.1, 0.15) is 0 Å². The van der Waals surface area contributed by atoms with Crippen molar-refractivity contribution in [2.24, 2.45) is 0 Å². The molecule has 0 radical (unpaired) electrons. The van der Waals surface area contributed by atoms with E-state index in [9.17, 15) is 4.79 Å². The average molecular weight is 349 g/mol. The third kappa shape index (κ3) is 3.69. The van der Waals surface area contributed by atoms with E-state index in [-0.39, 0.29) is 11.9 Å². The van der Waals surface area contributed by atoms with Gasteiger partial charge in [-0.05, 0) is 35.2 Å². The minimum Gasteiger partial charge on any atom is -0.340 e. The molecular formula is C18H18Cl2N2O. The lowest BCUT2D eigenvalue weighted by Crippen LogP contribution is -2.48. The molecule has 1 unspecified atom stereocenters. The summed E-state index contributed by atoms with van der Waals surface area (Å²) in [6, 6.07) is 13.5. The van der Waals surface area contributed by atoms with E-state index in [1.807, 2.05) is 25.2 Å². The molecule has 0 spiro atoms. The van der Waals surface area contributed by atoms with Crippen LogP contribution in [-0.2, 0) is 24.3 Å². The first kappa shape index (κ1) is 16.3. The quantitative estimate of drug-likeness (QED) is 0.917. The van der Waals surface area contributed by atoms with Gasteiger partial charge in [-0.15, -0.1) is 0 Å². The Labute approximate surface area is 146 Å². The number of rotatable bonds is 3. The second kappa shape index (κ2) is 6.91. The molecule has 3 rings (SSSR count). The van der Waals surface area contributed by atoms with Gasteiger partial charge >= 0.3 is 0 Å². The minimum absolute atomic E-state index is 0.0885. The molecule has 1 aliphatic heterocycles. The van der Waals surface area contributed by atoms with Crippen LogP contribution in [0.5, 0.6) is 0 Å². The molecule has 2 aromatic carbocycles. The Bertz CT molecular complexity index is 733. The Kier molecular flexibility index (Phi) is 4.90. The van der Waals surface area contributed by atoms with Crippen molar-refractivity contribution in [2.45, 2.75) is 25.6 Å². The topological polar surface area (TPSA) is 32.3 Å². The van der Waals surface area contributed by atoms with Crippen molar-refractivity contribution in [3.63, 3.8) is 0 Å². The highest BCUT2D eigenvalue weighted by Gasteiger charge is 2.26. The van der Waals surface area contributed by atoms with Crippen LogP contribution in [0, 0.1) is 0 Å². The zero-order chi connectivity index (χ0) is 16.4. The molecule has 1 amide bonds. The molecular weight excluding hydrogens is 331 g/mol. The van der Waals surface area contributed by atoms with E-state index >= 15 is 0 Å². The summed E-state index contributed by atoms with van der Waals surface area (Å²) < 4.78 is 0. The van der Waals surface area contributed by atoms with E-state index in [0.29, 0.717) is 16.6 Å². The summed E-state index contributed by atoms with van der Waals surface area (Å²) in [7, 11) is 1.81. The van der Waals surface area contributed by atoms with Crippen LogP contribution in [0.15, 0.2) is 42.5 Å². The second-order valence-electron chi connectivity index (χ2n) is 5.85. The Morgan fingerprint density at radius 2 is 1.91 bits per heavy atom.